The molecular formula is C18H25FN2O3. The lowest BCUT2D eigenvalue weighted by Crippen LogP contribution is -2.52. The van der Waals surface area contributed by atoms with E-state index in [0.29, 0.717) is 19.8 Å². The van der Waals surface area contributed by atoms with Crippen molar-refractivity contribution in [3.05, 3.63) is 35.6 Å². The Morgan fingerprint density at radius 3 is 2.54 bits per heavy atom. The first-order chi connectivity index (χ1) is 11.4. The smallest absolute Gasteiger partial charge is 0.230 e. The Morgan fingerprint density at radius 1 is 1.33 bits per heavy atom. The molecule has 1 aliphatic heterocycles. The van der Waals surface area contributed by atoms with E-state index >= 15 is 0 Å². The van der Waals surface area contributed by atoms with Crippen molar-refractivity contribution < 1.29 is 19.0 Å². The van der Waals surface area contributed by atoms with Gasteiger partial charge in [-0.3, -0.25) is 9.69 Å². The van der Waals surface area contributed by atoms with Crippen molar-refractivity contribution in [2.24, 2.45) is 0 Å². The highest BCUT2D eigenvalue weighted by molar-refractivity contribution is 5.91. The zero-order chi connectivity index (χ0) is 17.2. The molecule has 1 aliphatic carbocycles. The van der Waals surface area contributed by atoms with Gasteiger partial charge in [0, 0.05) is 26.2 Å². The van der Waals surface area contributed by atoms with Gasteiger partial charge >= 0.3 is 0 Å². The summed E-state index contributed by atoms with van der Waals surface area (Å²) >= 11 is 0. The maximum absolute atomic E-state index is 13.1. The van der Waals surface area contributed by atoms with Crippen LogP contribution in [0.4, 0.5) is 4.39 Å². The van der Waals surface area contributed by atoms with Crippen LogP contribution in [0.2, 0.25) is 0 Å². The summed E-state index contributed by atoms with van der Waals surface area (Å²) in [5.41, 5.74) is -0.705. The summed E-state index contributed by atoms with van der Waals surface area (Å²) in [7, 11) is 0. The lowest BCUT2D eigenvalue weighted by Gasteiger charge is -2.34. The van der Waals surface area contributed by atoms with Crippen molar-refractivity contribution in [1.29, 1.82) is 0 Å². The SMILES string of the molecule is CC(O)(CNC(=O)C1(c2ccc(F)cc2)CC1)CN1CCOCC1. The zero-order valence-corrected chi connectivity index (χ0v) is 14.1. The molecule has 0 bridgehead atoms. The summed E-state index contributed by atoms with van der Waals surface area (Å²) in [4.78, 5) is 14.7. The average molecular weight is 336 g/mol. The number of hydrogen-bond acceptors (Lipinski definition) is 4. The number of carbonyl (C=O) groups excluding carboxylic acids is 1. The van der Waals surface area contributed by atoms with Crippen LogP contribution in [-0.4, -0.2) is 60.9 Å². The molecule has 24 heavy (non-hydrogen) atoms. The van der Waals surface area contributed by atoms with Crippen LogP contribution in [0.5, 0.6) is 0 Å². The van der Waals surface area contributed by atoms with Crippen LogP contribution < -0.4 is 5.32 Å². The predicted molar refractivity (Wildman–Crippen MR) is 88.2 cm³/mol. The van der Waals surface area contributed by atoms with E-state index in [1.807, 2.05) is 0 Å². The van der Waals surface area contributed by atoms with Crippen LogP contribution in [0.1, 0.15) is 25.3 Å². The summed E-state index contributed by atoms with van der Waals surface area (Å²) in [6.07, 6.45) is 1.52. The third-order valence-electron chi connectivity index (χ3n) is 4.88. The third-order valence-corrected chi connectivity index (χ3v) is 4.88. The molecule has 1 aromatic carbocycles. The monoisotopic (exact) mass is 336 g/mol. The molecular weight excluding hydrogens is 311 g/mol. The molecule has 5 nitrogen and oxygen atoms in total. The molecule has 3 rings (SSSR count). The van der Waals surface area contributed by atoms with E-state index < -0.39 is 11.0 Å². The van der Waals surface area contributed by atoms with Crippen LogP contribution >= 0.6 is 0 Å². The standard InChI is InChI=1S/C18H25FN2O3/c1-17(23,13-21-8-10-24-11-9-21)12-20-16(22)18(6-7-18)14-2-4-15(19)5-3-14/h2-5,23H,6-13H2,1H3,(H,20,22). The number of amides is 1. The molecule has 6 heteroatoms. The van der Waals surface area contributed by atoms with E-state index in [0.717, 1.165) is 31.5 Å². The number of benzene rings is 1. The summed E-state index contributed by atoms with van der Waals surface area (Å²) in [6.45, 7) is 5.38. The number of carbonyl (C=O) groups is 1. The third kappa shape index (κ3) is 3.94. The molecule has 1 saturated heterocycles. The van der Waals surface area contributed by atoms with Crippen LogP contribution in [0.3, 0.4) is 0 Å². The molecule has 1 aromatic rings. The minimum Gasteiger partial charge on any atom is -0.387 e. The van der Waals surface area contributed by atoms with Gasteiger partial charge in [-0.1, -0.05) is 12.1 Å². The number of rotatable bonds is 6. The Hall–Kier alpha value is -1.50. The summed E-state index contributed by atoms with van der Waals surface area (Å²) < 4.78 is 18.4. The molecule has 0 aromatic heterocycles. The van der Waals surface area contributed by atoms with E-state index in [1.54, 1.807) is 19.1 Å². The predicted octanol–water partition coefficient (Wildman–Crippen LogP) is 1.06. The Balaban J connectivity index is 1.55. The Kier molecular flexibility index (Phi) is 4.90. The minimum absolute atomic E-state index is 0.0867. The fourth-order valence-electron chi connectivity index (χ4n) is 3.28. The Morgan fingerprint density at radius 2 is 1.96 bits per heavy atom. The van der Waals surface area contributed by atoms with Crippen molar-refractivity contribution in [3.8, 4) is 0 Å². The molecule has 1 amide bonds. The van der Waals surface area contributed by atoms with Crippen LogP contribution in [-0.2, 0) is 14.9 Å². The first-order valence-corrected chi connectivity index (χ1v) is 8.48. The number of β-amino-alcohol motifs (C(OH)–C–C–N with tert-alkyl or cyclic N) is 1. The van der Waals surface area contributed by atoms with Crippen molar-refractivity contribution in [2.45, 2.75) is 30.8 Å². The fraction of sp³-hybridized carbons (Fsp3) is 0.611. The van der Waals surface area contributed by atoms with Gasteiger partial charge in [-0.2, -0.15) is 0 Å². The number of hydrogen-bond donors (Lipinski definition) is 2. The van der Waals surface area contributed by atoms with Gasteiger partial charge in [0.15, 0.2) is 0 Å². The molecule has 1 unspecified atom stereocenters. The number of aliphatic hydroxyl groups is 1. The molecule has 2 N–H and O–H groups in total. The summed E-state index contributed by atoms with van der Waals surface area (Å²) in [5, 5.41) is 13.4. The Bertz CT molecular complexity index is 578. The molecule has 132 valence electrons. The number of nitrogens with zero attached hydrogens (tertiary/aromatic N) is 1. The first-order valence-electron chi connectivity index (χ1n) is 8.48. The van der Waals surface area contributed by atoms with Gasteiger partial charge in [-0.05, 0) is 37.5 Å². The van der Waals surface area contributed by atoms with Crippen LogP contribution in [0.25, 0.3) is 0 Å². The topological polar surface area (TPSA) is 61.8 Å². The van der Waals surface area contributed by atoms with E-state index in [9.17, 15) is 14.3 Å². The lowest BCUT2D eigenvalue weighted by molar-refractivity contribution is -0.125. The molecule has 0 radical (unpaired) electrons. The summed E-state index contributed by atoms with van der Waals surface area (Å²) in [5.74, 6) is -0.389. The molecule has 2 aliphatic rings. The summed E-state index contributed by atoms with van der Waals surface area (Å²) in [6, 6.07) is 6.12. The van der Waals surface area contributed by atoms with Crippen LogP contribution in [0, 0.1) is 5.82 Å². The maximum Gasteiger partial charge on any atom is 0.230 e. The molecule has 1 saturated carbocycles. The van der Waals surface area contributed by atoms with Gasteiger partial charge < -0.3 is 15.2 Å². The van der Waals surface area contributed by atoms with E-state index in [1.165, 1.54) is 12.1 Å². The van der Waals surface area contributed by atoms with Gasteiger partial charge in [-0.15, -0.1) is 0 Å². The molecule has 0 spiro atoms. The average Bonchev–Trinajstić information content (AvgIpc) is 3.36. The Labute approximate surface area is 141 Å². The fourth-order valence-corrected chi connectivity index (χ4v) is 3.28. The van der Waals surface area contributed by atoms with Gasteiger partial charge in [-0.25, -0.2) is 4.39 Å². The number of morpholine rings is 1. The van der Waals surface area contributed by atoms with E-state index in [4.69, 9.17) is 4.74 Å². The molecule has 1 heterocycles. The highest BCUT2D eigenvalue weighted by Gasteiger charge is 2.51. The van der Waals surface area contributed by atoms with Gasteiger partial charge in [0.25, 0.3) is 0 Å². The van der Waals surface area contributed by atoms with Crippen molar-refractivity contribution >= 4 is 5.91 Å². The van der Waals surface area contributed by atoms with E-state index in [2.05, 4.69) is 10.2 Å². The van der Waals surface area contributed by atoms with E-state index in [-0.39, 0.29) is 18.3 Å². The quantitative estimate of drug-likeness (QED) is 0.815. The van der Waals surface area contributed by atoms with Crippen molar-refractivity contribution in [2.75, 3.05) is 39.4 Å². The normalized spacial score (nSPS) is 22.6. The zero-order valence-electron chi connectivity index (χ0n) is 14.1. The van der Waals surface area contributed by atoms with Gasteiger partial charge in [0.05, 0.1) is 24.2 Å². The number of halogens is 1. The largest absolute Gasteiger partial charge is 0.387 e. The second kappa shape index (κ2) is 6.78. The van der Waals surface area contributed by atoms with Crippen molar-refractivity contribution in [1.82, 2.24) is 10.2 Å². The van der Waals surface area contributed by atoms with Crippen LogP contribution in [0.15, 0.2) is 24.3 Å². The number of nitrogens with one attached hydrogen (secondary N) is 1. The molecule has 1 atom stereocenters. The maximum atomic E-state index is 13.1. The first kappa shape index (κ1) is 17.3. The number of ether oxygens (including phenoxy) is 1. The second-order valence-corrected chi connectivity index (χ2v) is 7.16. The lowest BCUT2D eigenvalue weighted by atomic mass is 9.94. The molecule has 2 fully saturated rings. The second-order valence-electron chi connectivity index (χ2n) is 7.16. The highest BCUT2D eigenvalue weighted by atomic mass is 19.1. The van der Waals surface area contributed by atoms with Gasteiger partial charge in [0.2, 0.25) is 5.91 Å². The highest BCUT2D eigenvalue weighted by Crippen LogP contribution is 2.48. The minimum atomic E-state index is -0.994. The van der Waals surface area contributed by atoms with Gasteiger partial charge in [0.1, 0.15) is 5.82 Å². The van der Waals surface area contributed by atoms with Crippen molar-refractivity contribution in [3.63, 3.8) is 0 Å².